The molecule has 3 N–H and O–H groups in total. The lowest BCUT2D eigenvalue weighted by atomic mass is 10.1. The van der Waals surface area contributed by atoms with Crippen LogP contribution < -0.4 is 11.1 Å². The molecule has 1 saturated heterocycles. The Balaban J connectivity index is 1.37. The van der Waals surface area contributed by atoms with Crippen LogP contribution in [-0.4, -0.2) is 48.0 Å². The van der Waals surface area contributed by atoms with E-state index in [0.29, 0.717) is 30.1 Å². The van der Waals surface area contributed by atoms with Crippen molar-refractivity contribution < 1.29 is 22.1 Å². The maximum atomic E-state index is 14.9. The average Bonchev–Trinajstić information content (AvgIpc) is 3.60. The van der Waals surface area contributed by atoms with E-state index in [1.54, 1.807) is 50.2 Å². The lowest BCUT2D eigenvalue weighted by molar-refractivity contribution is 0.190. The molecule has 3 heterocycles. The second-order valence-electron chi connectivity index (χ2n) is 9.44. The fraction of sp³-hybridized carbons (Fsp3) is 0.296. The maximum absolute atomic E-state index is 14.9. The maximum Gasteiger partial charge on any atom is 0.189 e. The summed E-state index contributed by atoms with van der Waals surface area (Å²) in [6, 6.07) is 13.2. The quantitative estimate of drug-likeness (QED) is 0.338. The highest BCUT2D eigenvalue weighted by molar-refractivity contribution is 7.92. The molecule has 2 aromatic heterocycles. The van der Waals surface area contributed by atoms with Gasteiger partial charge >= 0.3 is 0 Å². The number of halogens is 1. The molecule has 0 radical (unpaired) electrons. The van der Waals surface area contributed by atoms with Crippen molar-refractivity contribution in [1.82, 2.24) is 20.4 Å². The van der Waals surface area contributed by atoms with Crippen molar-refractivity contribution in [3.8, 4) is 34.0 Å². The number of anilines is 1. The average molecular weight is 538 g/mol. The van der Waals surface area contributed by atoms with Gasteiger partial charge in [-0.3, -0.25) is 0 Å². The summed E-state index contributed by atoms with van der Waals surface area (Å²) < 4.78 is 50.6. The number of nitrogens with zero attached hydrogens (tertiary/aromatic N) is 3. The fourth-order valence-electron chi connectivity index (χ4n) is 4.15. The highest BCUT2D eigenvalue weighted by atomic mass is 32.2. The Labute approximate surface area is 220 Å². The number of nitrogens with two attached hydrogens (primary N) is 1. The van der Waals surface area contributed by atoms with Crippen molar-refractivity contribution in [2.75, 3.05) is 18.9 Å². The van der Waals surface area contributed by atoms with Gasteiger partial charge in [0.05, 0.1) is 28.6 Å². The van der Waals surface area contributed by atoms with Crippen molar-refractivity contribution in [1.29, 1.82) is 0 Å². The minimum atomic E-state index is -3.39. The number of sulfone groups is 1. The Hall–Kier alpha value is -3.67. The van der Waals surface area contributed by atoms with Crippen LogP contribution in [0.4, 0.5) is 10.2 Å². The van der Waals surface area contributed by atoms with Crippen LogP contribution in [0.3, 0.4) is 0 Å². The first-order valence-corrected chi connectivity index (χ1v) is 13.8. The first-order valence-electron chi connectivity index (χ1n) is 12.3. The molecule has 0 amide bonds. The van der Waals surface area contributed by atoms with Gasteiger partial charge in [0.1, 0.15) is 11.5 Å². The smallest absolute Gasteiger partial charge is 0.189 e. The van der Waals surface area contributed by atoms with Crippen LogP contribution >= 0.6 is 0 Å². The molecule has 1 atom stereocenters. The van der Waals surface area contributed by atoms with Crippen LogP contribution in [-0.2, 0) is 21.1 Å². The molecule has 1 aliphatic rings. The van der Waals surface area contributed by atoms with Crippen molar-refractivity contribution >= 4 is 15.7 Å². The van der Waals surface area contributed by atoms with Gasteiger partial charge < -0.3 is 20.3 Å². The Morgan fingerprint density at radius 3 is 2.61 bits per heavy atom. The largest absolute Gasteiger partial charge is 0.382 e. The predicted molar refractivity (Wildman–Crippen MR) is 141 cm³/mol. The van der Waals surface area contributed by atoms with E-state index >= 15 is 0 Å². The van der Waals surface area contributed by atoms with Crippen LogP contribution in [0.2, 0.25) is 0 Å². The summed E-state index contributed by atoms with van der Waals surface area (Å²) in [4.78, 5) is 9.01. The Morgan fingerprint density at radius 2 is 1.92 bits per heavy atom. The molecule has 0 spiro atoms. The van der Waals surface area contributed by atoms with E-state index in [0.717, 1.165) is 18.6 Å². The van der Waals surface area contributed by atoms with Gasteiger partial charge in [-0.2, -0.15) is 0 Å². The molecule has 11 heteroatoms. The van der Waals surface area contributed by atoms with Crippen molar-refractivity contribution in [3.05, 3.63) is 66.1 Å². The molecule has 1 unspecified atom stereocenters. The Morgan fingerprint density at radius 1 is 1.13 bits per heavy atom. The van der Waals surface area contributed by atoms with Crippen LogP contribution in [0.1, 0.15) is 25.8 Å². The summed E-state index contributed by atoms with van der Waals surface area (Å²) in [6.45, 7) is 5.22. The third kappa shape index (κ3) is 5.31. The van der Waals surface area contributed by atoms with E-state index in [1.165, 1.54) is 12.3 Å². The normalized spacial score (nSPS) is 15.8. The van der Waals surface area contributed by atoms with Crippen LogP contribution in [0.5, 0.6) is 0 Å². The summed E-state index contributed by atoms with van der Waals surface area (Å²) in [5, 5.41) is 6.86. The summed E-state index contributed by atoms with van der Waals surface area (Å²) in [6.07, 6.45) is 2.44. The number of hydrogen-bond acceptors (Lipinski definition) is 9. The Kier molecular flexibility index (Phi) is 7.24. The number of rotatable bonds is 8. The Bertz CT molecular complexity index is 1550. The molecule has 198 valence electrons. The monoisotopic (exact) mass is 537 g/mol. The standard InChI is InChI=1S/C27H28FN5O4S/c1-16(2)38(34,35)20-6-4-18(5-7-20)24-14-31-27(29)26(32-24)25-12-23(33-37-25)21-8-3-17(11-22(21)28)13-30-19-9-10-36-15-19/h3-8,11-12,14,16,19,30H,9-10,13,15H2,1-2H3,(H2,29,31). The van der Waals surface area contributed by atoms with Gasteiger partial charge in [-0.05, 0) is 50.1 Å². The molecule has 0 bridgehead atoms. The van der Waals surface area contributed by atoms with Gasteiger partial charge in [-0.25, -0.2) is 22.8 Å². The molecule has 4 aromatic rings. The van der Waals surface area contributed by atoms with Gasteiger partial charge in [-0.1, -0.05) is 23.4 Å². The minimum Gasteiger partial charge on any atom is -0.382 e. The number of benzene rings is 2. The zero-order valence-corrected chi connectivity index (χ0v) is 21.8. The van der Waals surface area contributed by atoms with Gasteiger partial charge in [0.15, 0.2) is 27.1 Å². The first kappa shape index (κ1) is 26.0. The third-order valence-corrected chi connectivity index (χ3v) is 8.65. The minimum absolute atomic E-state index is 0.119. The fourth-order valence-corrected chi connectivity index (χ4v) is 5.21. The second kappa shape index (κ2) is 10.6. The summed E-state index contributed by atoms with van der Waals surface area (Å²) in [5.74, 6) is -0.0680. The van der Waals surface area contributed by atoms with Crippen LogP contribution in [0.25, 0.3) is 34.0 Å². The molecule has 5 rings (SSSR count). The number of ether oxygens (including phenoxy) is 1. The van der Waals surface area contributed by atoms with Gasteiger partial charge in [0.2, 0.25) is 0 Å². The van der Waals surface area contributed by atoms with Crippen molar-refractivity contribution in [3.63, 3.8) is 0 Å². The van der Waals surface area contributed by atoms with Crippen molar-refractivity contribution in [2.24, 2.45) is 0 Å². The lowest BCUT2D eigenvalue weighted by Crippen LogP contribution is -2.28. The molecule has 2 aromatic carbocycles. The molecule has 0 aliphatic carbocycles. The van der Waals surface area contributed by atoms with Gasteiger partial charge in [0, 0.05) is 36.4 Å². The van der Waals surface area contributed by atoms with E-state index in [2.05, 4.69) is 20.4 Å². The van der Waals surface area contributed by atoms with Crippen LogP contribution in [0, 0.1) is 5.82 Å². The molecule has 38 heavy (non-hydrogen) atoms. The molecule has 1 aliphatic heterocycles. The van der Waals surface area contributed by atoms with Gasteiger partial charge in [0.25, 0.3) is 0 Å². The van der Waals surface area contributed by atoms with E-state index in [9.17, 15) is 12.8 Å². The summed E-state index contributed by atoms with van der Waals surface area (Å²) >= 11 is 0. The molecule has 9 nitrogen and oxygen atoms in total. The van der Waals surface area contributed by atoms with E-state index in [-0.39, 0.29) is 33.8 Å². The summed E-state index contributed by atoms with van der Waals surface area (Å²) in [7, 11) is -3.39. The van der Waals surface area contributed by atoms with E-state index in [4.69, 9.17) is 15.0 Å². The SMILES string of the molecule is CC(C)S(=O)(=O)c1ccc(-c2cnc(N)c(-c3cc(-c4ccc(CNC5CCOC5)cc4F)no3)n2)cc1. The number of nitrogen functional groups attached to an aromatic ring is 1. The second-order valence-corrected chi connectivity index (χ2v) is 11.9. The highest BCUT2D eigenvalue weighted by Gasteiger charge is 2.21. The molecular weight excluding hydrogens is 509 g/mol. The first-order chi connectivity index (χ1) is 18.2. The zero-order chi connectivity index (χ0) is 26.9. The lowest BCUT2D eigenvalue weighted by Gasteiger charge is -2.11. The summed E-state index contributed by atoms with van der Waals surface area (Å²) in [5.41, 5.74) is 8.85. The number of aromatic nitrogens is 3. The van der Waals surface area contributed by atoms with Crippen molar-refractivity contribution in [2.45, 2.75) is 43.0 Å². The van der Waals surface area contributed by atoms with Crippen LogP contribution in [0.15, 0.2) is 64.1 Å². The number of nitrogens with one attached hydrogen (secondary N) is 1. The number of hydrogen-bond donors (Lipinski definition) is 2. The van der Waals surface area contributed by atoms with E-state index in [1.807, 2.05) is 6.07 Å². The predicted octanol–water partition coefficient (Wildman–Crippen LogP) is 4.25. The zero-order valence-electron chi connectivity index (χ0n) is 21.0. The molecule has 1 fully saturated rings. The highest BCUT2D eigenvalue weighted by Crippen LogP contribution is 2.31. The topological polar surface area (TPSA) is 133 Å². The van der Waals surface area contributed by atoms with E-state index < -0.39 is 20.9 Å². The molecule has 0 saturated carbocycles. The third-order valence-electron chi connectivity index (χ3n) is 6.48. The van der Waals surface area contributed by atoms with Gasteiger partial charge in [-0.15, -0.1) is 0 Å². The molecular formula is C27H28FN5O4S.